The quantitative estimate of drug-likeness (QED) is 0.854. The highest BCUT2D eigenvalue weighted by molar-refractivity contribution is 5.78. The number of aromatic amines is 1. The summed E-state index contributed by atoms with van der Waals surface area (Å²) >= 11 is 0. The molecule has 0 saturated carbocycles. The number of hydrogen-bond donors (Lipinski definition) is 2. The highest BCUT2D eigenvalue weighted by atomic mass is 19.1. The third-order valence-corrected chi connectivity index (χ3v) is 3.55. The molecular formula is C14H16FN3O. The number of fused-ring (bicyclic) bond motifs is 1. The molecule has 2 heterocycles. The molecular weight excluding hydrogens is 245 g/mol. The SMILES string of the molecule is N[C@@H]1CCN(Cc2cc(=O)c3cc(F)ccc3[nH]2)C1. The maximum atomic E-state index is 13.1. The lowest BCUT2D eigenvalue weighted by atomic mass is 10.2. The van der Waals surface area contributed by atoms with Gasteiger partial charge in [0.15, 0.2) is 5.43 Å². The van der Waals surface area contributed by atoms with Gasteiger partial charge in [0.1, 0.15) is 5.82 Å². The van der Waals surface area contributed by atoms with Gasteiger partial charge < -0.3 is 10.7 Å². The number of likely N-dealkylation sites (tertiary alicyclic amines) is 1. The number of benzene rings is 1. The molecule has 1 aliphatic rings. The van der Waals surface area contributed by atoms with Crippen molar-refractivity contribution >= 4 is 10.9 Å². The molecule has 3 rings (SSSR count). The molecule has 0 spiro atoms. The average molecular weight is 261 g/mol. The highest BCUT2D eigenvalue weighted by Gasteiger charge is 2.19. The smallest absolute Gasteiger partial charge is 0.189 e. The minimum absolute atomic E-state index is 0.147. The van der Waals surface area contributed by atoms with E-state index in [9.17, 15) is 9.18 Å². The molecule has 1 aliphatic heterocycles. The summed E-state index contributed by atoms with van der Waals surface area (Å²) in [6.45, 7) is 2.48. The normalized spacial score (nSPS) is 20.2. The van der Waals surface area contributed by atoms with E-state index in [4.69, 9.17) is 5.73 Å². The zero-order chi connectivity index (χ0) is 13.4. The van der Waals surface area contributed by atoms with Crippen LogP contribution in [0.1, 0.15) is 12.1 Å². The van der Waals surface area contributed by atoms with E-state index in [0.717, 1.165) is 25.2 Å². The Morgan fingerprint density at radius 3 is 3.00 bits per heavy atom. The van der Waals surface area contributed by atoms with Gasteiger partial charge >= 0.3 is 0 Å². The first-order valence-electron chi connectivity index (χ1n) is 6.41. The molecule has 1 aromatic heterocycles. The minimum Gasteiger partial charge on any atom is -0.357 e. The number of nitrogens with two attached hydrogens (primary N) is 1. The van der Waals surface area contributed by atoms with Crippen LogP contribution in [-0.2, 0) is 6.54 Å². The highest BCUT2D eigenvalue weighted by Crippen LogP contribution is 2.14. The summed E-state index contributed by atoms with van der Waals surface area (Å²) in [5, 5.41) is 0.391. The van der Waals surface area contributed by atoms with Crippen molar-refractivity contribution in [3.05, 3.63) is 46.0 Å². The number of aromatic nitrogens is 1. The van der Waals surface area contributed by atoms with E-state index in [2.05, 4.69) is 9.88 Å². The van der Waals surface area contributed by atoms with Crippen LogP contribution in [0.3, 0.4) is 0 Å². The van der Waals surface area contributed by atoms with E-state index in [-0.39, 0.29) is 11.5 Å². The molecule has 0 amide bonds. The van der Waals surface area contributed by atoms with Gasteiger partial charge in [-0.25, -0.2) is 4.39 Å². The van der Waals surface area contributed by atoms with Crippen molar-refractivity contribution in [1.82, 2.24) is 9.88 Å². The molecule has 1 fully saturated rings. The van der Waals surface area contributed by atoms with E-state index < -0.39 is 5.82 Å². The molecule has 1 aromatic carbocycles. The maximum Gasteiger partial charge on any atom is 0.189 e. The van der Waals surface area contributed by atoms with Gasteiger partial charge in [-0.15, -0.1) is 0 Å². The third kappa shape index (κ3) is 2.52. The van der Waals surface area contributed by atoms with E-state index >= 15 is 0 Å². The van der Waals surface area contributed by atoms with Crippen LogP contribution in [0.25, 0.3) is 10.9 Å². The second-order valence-corrected chi connectivity index (χ2v) is 5.13. The zero-order valence-corrected chi connectivity index (χ0v) is 10.5. The summed E-state index contributed by atoms with van der Waals surface area (Å²) in [6, 6.07) is 6.00. The number of nitrogens with one attached hydrogen (secondary N) is 1. The third-order valence-electron chi connectivity index (χ3n) is 3.55. The zero-order valence-electron chi connectivity index (χ0n) is 10.5. The summed E-state index contributed by atoms with van der Waals surface area (Å²) in [6.07, 6.45) is 0.989. The monoisotopic (exact) mass is 261 g/mol. The molecule has 19 heavy (non-hydrogen) atoms. The molecule has 4 nitrogen and oxygen atoms in total. The van der Waals surface area contributed by atoms with Gasteiger partial charge in [-0.05, 0) is 24.6 Å². The summed E-state index contributed by atoms with van der Waals surface area (Å²) in [4.78, 5) is 17.4. The second-order valence-electron chi connectivity index (χ2n) is 5.13. The fraction of sp³-hybridized carbons (Fsp3) is 0.357. The van der Waals surface area contributed by atoms with Crippen LogP contribution in [0, 0.1) is 5.82 Å². The minimum atomic E-state index is -0.392. The number of H-pyrrole nitrogens is 1. The topological polar surface area (TPSA) is 62.1 Å². The molecule has 5 heteroatoms. The van der Waals surface area contributed by atoms with Gasteiger partial charge in [-0.2, -0.15) is 0 Å². The Morgan fingerprint density at radius 1 is 1.42 bits per heavy atom. The lowest BCUT2D eigenvalue weighted by Gasteiger charge is -2.15. The van der Waals surface area contributed by atoms with Gasteiger partial charge in [0.05, 0.1) is 0 Å². The fourth-order valence-electron chi connectivity index (χ4n) is 2.61. The summed E-state index contributed by atoms with van der Waals surface area (Å²) in [5.74, 6) is -0.392. The van der Waals surface area contributed by atoms with Crippen molar-refractivity contribution in [2.75, 3.05) is 13.1 Å². The first-order valence-corrected chi connectivity index (χ1v) is 6.41. The Morgan fingerprint density at radius 2 is 2.26 bits per heavy atom. The van der Waals surface area contributed by atoms with Crippen molar-refractivity contribution in [2.24, 2.45) is 5.73 Å². The lowest BCUT2D eigenvalue weighted by Crippen LogP contribution is -2.26. The molecule has 1 atom stereocenters. The van der Waals surface area contributed by atoms with Gasteiger partial charge in [0, 0.05) is 48.3 Å². The van der Waals surface area contributed by atoms with Gasteiger partial charge in [-0.1, -0.05) is 0 Å². The first-order chi connectivity index (χ1) is 9.11. The largest absolute Gasteiger partial charge is 0.357 e. The van der Waals surface area contributed by atoms with Crippen molar-refractivity contribution in [2.45, 2.75) is 19.0 Å². The summed E-state index contributed by atoms with van der Waals surface area (Å²) in [7, 11) is 0. The Kier molecular flexibility index (Phi) is 3.08. The molecule has 0 radical (unpaired) electrons. The number of hydrogen-bond acceptors (Lipinski definition) is 3. The summed E-state index contributed by atoms with van der Waals surface area (Å²) in [5.41, 5.74) is 7.23. The van der Waals surface area contributed by atoms with Crippen LogP contribution in [0.2, 0.25) is 0 Å². The van der Waals surface area contributed by atoms with Crippen LogP contribution in [0.15, 0.2) is 29.1 Å². The number of pyridine rings is 1. The first kappa shape index (κ1) is 12.3. The van der Waals surface area contributed by atoms with Gasteiger partial charge in [-0.3, -0.25) is 9.69 Å². The molecule has 0 unspecified atom stereocenters. The van der Waals surface area contributed by atoms with Crippen LogP contribution < -0.4 is 11.2 Å². The molecule has 1 saturated heterocycles. The van der Waals surface area contributed by atoms with E-state index in [1.54, 1.807) is 12.1 Å². The van der Waals surface area contributed by atoms with Gasteiger partial charge in [0.25, 0.3) is 0 Å². The van der Waals surface area contributed by atoms with Crippen LogP contribution in [-0.4, -0.2) is 29.0 Å². The van der Waals surface area contributed by atoms with E-state index in [1.165, 1.54) is 12.1 Å². The van der Waals surface area contributed by atoms with Gasteiger partial charge in [0.2, 0.25) is 0 Å². The Balaban J connectivity index is 1.93. The van der Waals surface area contributed by atoms with Crippen molar-refractivity contribution < 1.29 is 4.39 Å². The Labute approximate surface area is 110 Å². The number of halogens is 1. The number of rotatable bonds is 2. The van der Waals surface area contributed by atoms with E-state index in [1.807, 2.05) is 0 Å². The Hall–Kier alpha value is -1.72. The van der Waals surface area contributed by atoms with E-state index in [0.29, 0.717) is 17.4 Å². The second kappa shape index (κ2) is 4.75. The average Bonchev–Trinajstić information content (AvgIpc) is 2.76. The Bertz CT molecular complexity index is 667. The van der Waals surface area contributed by atoms with Crippen LogP contribution in [0.4, 0.5) is 4.39 Å². The van der Waals surface area contributed by atoms with Crippen molar-refractivity contribution in [3.8, 4) is 0 Å². The predicted molar refractivity (Wildman–Crippen MR) is 72.4 cm³/mol. The number of nitrogens with zero attached hydrogens (tertiary/aromatic N) is 1. The molecule has 3 N–H and O–H groups in total. The maximum absolute atomic E-state index is 13.1. The lowest BCUT2D eigenvalue weighted by molar-refractivity contribution is 0.323. The predicted octanol–water partition coefficient (Wildman–Crippen LogP) is 1.20. The van der Waals surface area contributed by atoms with Crippen LogP contribution in [0.5, 0.6) is 0 Å². The van der Waals surface area contributed by atoms with Crippen LogP contribution >= 0.6 is 0 Å². The standard InChI is InChI=1S/C14H16FN3O/c15-9-1-2-13-12(5-9)14(19)6-11(17-13)8-18-4-3-10(16)7-18/h1-2,5-6,10H,3-4,7-8,16H2,(H,17,19)/t10-/m1/s1. The fourth-order valence-corrected chi connectivity index (χ4v) is 2.61. The molecule has 2 aromatic rings. The van der Waals surface area contributed by atoms with Crippen molar-refractivity contribution in [3.63, 3.8) is 0 Å². The van der Waals surface area contributed by atoms with Crippen molar-refractivity contribution in [1.29, 1.82) is 0 Å². The molecule has 0 aliphatic carbocycles. The summed E-state index contributed by atoms with van der Waals surface area (Å²) < 4.78 is 13.1. The molecule has 100 valence electrons. The molecule has 0 bridgehead atoms.